The third-order valence-electron chi connectivity index (χ3n) is 11.6. The first kappa shape index (κ1) is 62.5. The zero-order valence-electron chi connectivity index (χ0n) is 42.0. The molecule has 0 aromatic rings. The number of aliphatic hydroxyl groups excluding tert-OH is 7. The van der Waals surface area contributed by atoms with Gasteiger partial charge in [0.1, 0.15) is 55.4 Å². The summed E-state index contributed by atoms with van der Waals surface area (Å²) >= 11 is 0. The van der Waals surface area contributed by atoms with Crippen molar-refractivity contribution in [3.8, 4) is 0 Å². The van der Waals surface area contributed by atoms with Crippen LogP contribution in [-0.2, 0) is 38.0 Å². The van der Waals surface area contributed by atoms with Gasteiger partial charge in [-0.1, -0.05) is 143 Å². The molecule has 0 aromatic heterocycles. The van der Waals surface area contributed by atoms with Gasteiger partial charge < -0.3 is 64.2 Å². The number of unbranched alkanes of at least 4 members (excludes halogenated alkanes) is 8. The highest BCUT2D eigenvalue weighted by Gasteiger charge is 2.47. The molecule has 0 aliphatic carbocycles. The molecule has 0 saturated carbocycles. The van der Waals surface area contributed by atoms with Crippen LogP contribution in [0.15, 0.2) is 97.2 Å². The quantitative estimate of drug-likeness (QED) is 0.0182. The molecule has 0 amide bonds. The molecule has 2 rings (SSSR count). The molecule has 15 heteroatoms. The summed E-state index contributed by atoms with van der Waals surface area (Å²) in [6.07, 6.45) is 34.5. The first-order chi connectivity index (χ1) is 34.0. The van der Waals surface area contributed by atoms with Gasteiger partial charge in [0.15, 0.2) is 18.7 Å². The molecule has 11 atom stereocenters. The highest BCUT2D eigenvalue weighted by Crippen LogP contribution is 2.26. The van der Waals surface area contributed by atoms with Gasteiger partial charge in [0, 0.05) is 12.8 Å². The van der Waals surface area contributed by atoms with Crippen LogP contribution in [0.2, 0.25) is 0 Å². The molecule has 15 nitrogen and oxygen atoms in total. The Labute approximate surface area is 417 Å². The fraction of sp³-hybridized carbons (Fsp3) is 0.673. The van der Waals surface area contributed by atoms with Crippen LogP contribution in [0.4, 0.5) is 0 Å². The highest BCUT2D eigenvalue weighted by molar-refractivity contribution is 5.70. The second kappa shape index (κ2) is 41.0. The van der Waals surface area contributed by atoms with Gasteiger partial charge in [-0.3, -0.25) is 9.59 Å². The first-order valence-corrected chi connectivity index (χ1v) is 25.8. The Balaban J connectivity index is 1.86. The molecule has 7 N–H and O–H groups in total. The number of aliphatic hydroxyl groups is 7. The van der Waals surface area contributed by atoms with E-state index in [2.05, 4.69) is 98.9 Å². The molecule has 2 fully saturated rings. The highest BCUT2D eigenvalue weighted by atomic mass is 16.7. The van der Waals surface area contributed by atoms with Gasteiger partial charge in [-0.15, -0.1) is 0 Å². The molecule has 2 saturated heterocycles. The summed E-state index contributed by atoms with van der Waals surface area (Å²) in [6, 6.07) is 0. The van der Waals surface area contributed by atoms with Gasteiger partial charge in [0.05, 0.1) is 19.8 Å². The van der Waals surface area contributed by atoms with Crippen molar-refractivity contribution in [2.45, 2.75) is 210 Å². The molecule has 70 heavy (non-hydrogen) atoms. The first-order valence-electron chi connectivity index (χ1n) is 25.8. The van der Waals surface area contributed by atoms with Crippen molar-refractivity contribution in [3.05, 3.63) is 97.2 Å². The average Bonchev–Trinajstić information content (AvgIpc) is 3.35. The maximum atomic E-state index is 13.0. The SMILES string of the molecule is CC/C=C/C/C=C/C/C=C/CCCCCCCC(=O)OC[C@H](CO[C@H]1O[C@@H](CO[C@H]2O[C@@H](CO)[C@@H](O)C(O)C2O)[C@@H](O)C(O)C1O)OC(=O)CC/C=C/C/C=C/C/C=C/C/C=C/C/C=C/CCCCC. The van der Waals surface area contributed by atoms with Crippen LogP contribution >= 0.6 is 0 Å². The van der Waals surface area contributed by atoms with Crippen LogP contribution in [-0.4, -0.2) is 142 Å². The molecule has 398 valence electrons. The molecule has 0 aromatic carbocycles. The minimum absolute atomic E-state index is 0.0319. The average molecular weight is 989 g/mol. The van der Waals surface area contributed by atoms with Crippen LogP contribution in [0.25, 0.3) is 0 Å². The van der Waals surface area contributed by atoms with Crippen molar-refractivity contribution in [2.24, 2.45) is 0 Å². The Bertz CT molecular complexity index is 1580. The Kier molecular flexibility index (Phi) is 36.6. The van der Waals surface area contributed by atoms with E-state index < -0.39 is 99.3 Å². The number of carbonyl (C=O) groups excluding carboxylic acids is 2. The third kappa shape index (κ3) is 28.5. The minimum atomic E-state index is -1.79. The van der Waals surface area contributed by atoms with Crippen molar-refractivity contribution in [1.29, 1.82) is 0 Å². The predicted molar refractivity (Wildman–Crippen MR) is 270 cm³/mol. The fourth-order valence-corrected chi connectivity index (χ4v) is 7.33. The number of hydrogen-bond acceptors (Lipinski definition) is 15. The van der Waals surface area contributed by atoms with E-state index in [0.29, 0.717) is 19.3 Å². The molecule has 0 bridgehead atoms. The second-order valence-electron chi connectivity index (χ2n) is 17.6. The molecule has 2 aliphatic rings. The number of rotatable bonds is 38. The zero-order valence-corrected chi connectivity index (χ0v) is 42.0. The Morgan fingerprint density at radius 3 is 1.47 bits per heavy atom. The Morgan fingerprint density at radius 1 is 0.471 bits per heavy atom. The van der Waals surface area contributed by atoms with E-state index in [1.807, 2.05) is 12.2 Å². The van der Waals surface area contributed by atoms with Crippen LogP contribution in [0, 0.1) is 0 Å². The number of carbonyl (C=O) groups is 2. The molecule has 4 unspecified atom stereocenters. The smallest absolute Gasteiger partial charge is 0.306 e. The standard InChI is InChI=1S/C55H88O15/c1-3-5-7-9-11-13-15-17-19-20-21-22-24-26-28-30-32-34-36-38-47(58)68-43(40-65-46(57)37-35-33-31-29-27-25-23-18-16-14-12-10-8-6-4-2)41-66-54-53(64)51(62)49(60)45(70-54)42-67-55-52(63)50(61)48(59)44(39-56)69-55/h6,8,11-14,17-19,21-23,26,28,32,34,43-45,48-56,59-64H,3-5,7,9-10,15-16,20,24-25,27,29-31,33,35-42H2,1-2H3/b8-6+,13-11+,14-12+,19-17+,22-21+,23-18+,28-26+,34-32+/t43-,44+,45+,48-,49-,50?,51?,52?,53?,54+,55+/m1/s1. The summed E-state index contributed by atoms with van der Waals surface area (Å²) in [5.41, 5.74) is 0. The number of allylic oxidation sites excluding steroid dienone is 16. The lowest BCUT2D eigenvalue weighted by molar-refractivity contribution is -0.332. The van der Waals surface area contributed by atoms with Gasteiger partial charge in [-0.05, 0) is 83.5 Å². The van der Waals surface area contributed by atoms with Gasteiger partial charge >= 0.3 is 11.9 Å². The van der Waals surface area contributed by atoms with Crippen LogP contribution < -0.4 is 0 Å². The monoisotopic (exact) mass is 989 g/mol. The Morgan fingerprint density at radius 2 is 0.929 bits per heavy atom. The van der Waals surface area contributed by atoms with E-state index in [-0.39, 0.29) is 19.4 Å². The fourth-order valence-electron chi connectivity index (χ4n) is 7.33. The summed E-state index contributed by atoms with van der Waals surface area (Å²) in [6.45, 7) is 2.33. The van der Waals surface area contributed by atoms with Crippen LogP contribution in [0.3, 0.4) is 0 Å². The molecular weight excluding hydrogens is 901 g/mol. The van der Waals surface area contributed by atoms with E-state index in [1.165, 1.54) is 19.3 Å². The van der Waals surface area contributed by atoms with Gasteiger partial charge in [-0.25, -0.2) is 0 Å². The van der Waals surface area contributed by atoms with Crippen molar-refractivity contribution < 1.29 is 73.8 Å². The maximum Gasteiger partial charge on any atom is 0.306 e. The largest absolute Gasteiger partial charge is 0.462 e. The molecule has 0 radical (unpaired) electrons. The van der Waals surface area contributed by atoms with Crippen molar-refractivity contribution in [1.82, 2.24) is 0 Å². The zero-order chi connectivity index (χ0) is 51.0. The number of esters is 2. The lowest BCUT2D eigenvalue weighted by atomic mass is 9.98. The number of hydrogen-bond donors (Lipinski definition) is 7. The second-order valence-corrected chi connectivity index (χ2v) is 17.6. The van der Waals surface area contributed by atoms with Crippen molar-refractivity contribution in [2.75, 3.05) is 26.4 Å². The third-order valence-corrected chi connectivity index (χ3v) is 11.6. The van der Waals surface area contributed by atoms with E-state index in [0.717, 1.165) is 77.0 Å². The normalized spacial score (nSPS) is 26.2. The van der Waals surface area contributed by atoms with Crippen molar-refractivity contribution in [3.63, 3.8) is 0 Å². The summed E-state index contributed by atoms with van der Waals surface area (Å²) in [5.74, 6) is -1.05. The van der Waals surface area contributed by atoms with E-state index >= 15 is 0 Å². The Hall–Kier alpha value is -3.58. The maximum absolute atomic E-state index is 13.0. The summed E-state index contributed by atoms with van der Waals surface area (Å²) in [4.78, 5) is 25.7. The van der Waals surface area contributed by atoms with E-state index in [4.69, 9.17) is 28.4 Å². The summed E-state index contributed by atoms with van der Waals surface area (Å²) < 4.78 is 33.5. The van der Waals surface area contributed by atoms with Gasteiger partial charge in [0.25, 0.3) is 0 Å². The number of ether oxygens (including phenoxy) is 6. The molecular formula is C55H88O15. The van der Waals surface area contributed by atoms with Gasteiger partial charge in [0.2, 0.25) is 0 Å². The topological polar surface area (TPSA) is 231 Å². The lowest BCUT2D eigenvalue weighted by Gasteiger charge is -2.42. The van der Waals surface area contributed by atoms with E-state index in [1.54, 1.807) is 0 Å². The molecule has 0 spiro atoms. The lowest BCUT2D eigenvalue weighted by Crippen LogP contribution is -2.61. The predicted octanol–water partition coefficient (Wildman–Crippen LogP) is 7.37. The van der Waals surface area contributed by atoms with E-state index in [9.17, 15) is 45.3 Å². The van der Waals surface area contributed by atoms with Gasteiger partial charge in [-0.2, -0.15) is 0 Å². The summed E-state index contributed by atoms with van der Waals surface area (Å²) in [5, 5.41) is 72.1. The van der Waals surface area contributed by atoms with Crippen LogP contribution in [0.5, 0.6) is 0 Å². The minimum Gasteiger partial charge on any atom is -0.462 e. The summed E-state index contributed by atoms with van der Waals surface area (Å²) in [7, 11) is 0. The molecule has 2 aliphatic heterocycles. The van der Waals surface area contributed by atoms with Crippen molar-refractivity contribution >= 4 is 11.9 Å². The molecule has 2 heterocycles. The van der Waals surface area contributed by atoms with Crippen LogP contribution in [0.1, 0.15) is 142 Å².